The molecule has 2 heterocycles. The van der Waals surface area contributed by atoms with Crippen LogP contribution in [0.25, 0.3) is 22.5 Å². The number of thioether (sulfide) groups is 1. The molecule has 0 radical (unpaired) electrons. The Hall–Kier alpha value is -2.64. The number of hydrogen-bond acceptors (Lipinski definition) is 6. The van der Waals surface area contributed by atoms with E-state index in [0.29, 0.717) is 0 Å². The second kappa shape index (κ2) is 8.37. The van der Waals surface area contributed by atoms with Gasteiger partial charge in [-0.2, -0.15) is 0 Å². The van der Waals surface area contributed by atoms with Crippen molar-refractivity contribution < 1.29 is 0 Å². The van der Waals surface area contributed by atoms with Crippen LogP contribution in [0.2, 0.25) is 0 Å². The van der Waals surface area contributed by atoms with E-state index in [1.807, 2.05) is 36.4 Å². The van der Waals surface area contributed by atoms with Crippen molar-refractivity contribution in [2.45, 2.75) is 17.8 Å². The van der Waals surface area contributed by atoms with Gasteiger partial charge in [-0.05, 0) is 6.92 Å². The number of anilines is 1. The van der Waals surface area contributed by atoms with Gasteiger partial charge in [-0.3, -0.25) is 0 Å². The lowest BCUT2D eigenvalue weighted by Gasteiger charge is -2.02. The molecule has 2 aromatic carbocycles. The van der Waals surface area contributed by atoms with Crippen LogP contribution in [-0.2, 0) is 5.75 Å². The molecule has 0 atom stereocenters. The molecule has 136 valence electrons. The maximum absolute atomic E-state index is 4.86. The number of nitrogens with zero attached hydrogens (tertiary/aromatic N) is 3. The molecule has 2 N–H and O–H groups in total. The molecule has 27 heavy (non-hydrogen) atoms. The van der Waals surface area contributed by atoms with E-state index in [0.717, 1.165) is 50.1 Å². The van der Waals surface area contributed by atoms with Crippen LogP contribution < -0.4 is 5.32 Å². The van der Waals surface area contributed by atoms with Crippen molar-refractivity contribution in [1.29, 1.82) is 0 Å². The normalized spacial score (nSPS) is 10.9. The van der Waals surface area contributed by atoms with Crippen molar-refractivity contribution in [3.63, 3.8) is 0 Å². The van der Waals surface area contributed by atoms with E-state index < -0.39 is 0 Å². The van der Waals surface area contributed by atoms with Crippen molar-refractivity contribution in [3.8, 4) is 22.5 Å². The lowest BCUT2D eigenvalue weighted by atomic mass is 10.1. The van der Waals surface area contributed by atoms with Crippen LogP contribution >= 0.6 is 23.1 Å². The minimum Gasteiger partial charge on any atom is -0.360 e. The number of imidazole rings is 1. The van der Waals surface area contributed by atoms with Gasteiger partial charge in [0.15, 0.2) is 5.16 Å². The molecule has 0 aliphatic heterocycles. The second-order valence-electron chi connectivity index (χ2n) is 5.82. The van der Waals surface area contributed by atoms with E-state index >= 15 is 0 Å². The summed E-state index contributed by atoms with van der Waals surface area (Å²) in [6.07, 6.45) is 0. The number of H-pyrrole nitrogens is 1. The molecule has 4 rings (SSSR count). The van der Waals surface area contributed by atoms with Crippen LogP contribution in [0.15, 0.2) is 65.8 Å². The Morgan fingerprint density at radius 3 is 2.37 bits per heavy atom. The van der Waals surface area contributed by atoms with Gasteiger partial charge in [0, 0.05) is 17.7 Å². The largest absolute Gasteiger partial charge is 0.360 e. The first-order valence-electron chi connectivity index (χ1n) is 8.73. The average molecular weight is 394 g/mol. The monoisotopic (exact) mass is 393 g/mol. The van der Waals surface area contributed by atoms with E-state index in [1.54, 1.807) is 23.1 Å². The first kappa shape index (κ1) is 17.8. The highest BCUT2D eigenvalue weighted by molar-refractivity contribution is 7.98. The molecule has 0 amide bonds. The fourth-order valence-corrected chi connectivity index (χ4v) is 4.37. The van der Waals surface area contributed by atoms with Gasteiger partial charge in [0.2, 0.25) is 5.13 Å². The van der Waals surface area contributed by atoms with Crippen LogP contribution in [-0.4, -0.2) is 26.7 Å². The highest BCUT2D eigenvalue weighted by Crippen LogP contribution is 2.33. The molecule has 7 heteroatoms. The van der Waals surface area contributed by atoms with Gasteiger partial charge in [-0.15, -0.1) is 10.2 Å². The minimum absolute atomic E-state index is 0.735. The molecular weight excluding hydrogens is 374 g/mol. The molecule has 4 aromatic rings. The van der Waals surface area contributed by atoms with Crippen molar-refractivity contribution in [2.24, 2.45) is 0 Å². The molecule has 0 bridgehead atoms. The summed E-state index contributed by atoms with van der Waals surface area (Å²) in [7, 11) is 0. The fraction of sp³-hybridized carbons (Fsp3) is 0.150. The fourth-order valence-electron chi connectivity index (χ4n) is 2.70. The molecule has 5 nitrogen and oxygen atoms in total. The van der Waals surface area contributed by atoms with Gasteiger partial charge in [0.1, 0.15) is 5.01 Å². The third kappa shape index (κ3) is 4.20. The van der Waals surface area contributed by atoms with E-state index in [4.69, 9.17) is 4.98 Å². The van der Waals surface area contributed by atoms with Crippen LogP contribution in [0.3, 0.4) is 0 Å². The molecule has 0 fully saturated rings. The molecule has 0 saturated carbocycles. The van der Waals surface area contributed by atoms with Gasteiger partial charge in [-0.1, -0.05) is 83.8 Å². The molecular formula is C20H19N5S2. The Morgan fingerprint density at radius 1 is 0.963 bits per heavy atom. The lowest BCUT2D eigenvalue weighted by molar-refractivity contribution is 1.02. The number of rotatable bonds is 7. The lowest BCUT2D eigenvalue weighted by Crippen LogP contribution is -1.94. The third-order valence-electron chi connectivity index (χ3n) is 3.92. The van der Waals surface area contributed by atoms with Gasteiger partial charge < -0.3 is 10.3 Å². The highest BCUT2D eigenvalue weighted by Gasteiger charge is 2.15. The topological polar surface area (TPSA) is 66.5 Å². The first-order chi connectivity index (χ1) is 13.3. The maximum Gasteiger partial charge on any atom is 0.205 e. The zero-order valence-corrected chi connectivity index (χ0v) is 16.5. The summed E-state index contributed by atoms with van der Waals surface area (Å²) in [6, 6.07) is 20.6. The Morgan fingerprint density at radius 2 is 1.67 bits per heavy atom. The van der Waals surface area contributed by atoms with Crippen molar-refractivity contribution in [3.05, 3.63) is 65.7 Å². The predicted molar refractivity (Wildman–Crippen MR) is 113 cm³/mol. The van der Waals surface area contributed by atoms with Crippen LogP contribution in [0.4, 0.5) is 5.13 Å². The summed E-state index contributed by atoms with van der Waals surface area (Å²) in [5.74, 6) is 0.735. The summed E-state index contributed by atoms with van der Waals surface area (Å²) >= 11 is 3.23. The quantitative estimate of drug-likeness (QED) is 0.416. The SMILES string of the molecule is CCNc1nnc(CSc2nc(-c3ccccc3)c(-c3ccccc3)[nH]2)s1. The molecule has 0 aliphatic carbocycles. The number of hydrogen-bond donors (Lipinski definition) is 2. The summed E-state index contributed by atoms with van der Waals surface area (Å²) < 4.78 is 0. The van der Waals surface area contributed by atoms with Crippen LogP contribution in [0.5, 0.6) is 0 Å². The average Bonchev–Trinajstić information content (AvgIpc) is 3.35. The Kier molecular flexibility index (Phi) is 5.50. The zero-order valence-electron chi connectivity index (χ0n) is 14.8. The molecule has 2 aromatic heterocycles. The maximum atomic E-state index is 4.86. The van der Waals surface area contributed by atoms with Crippen molar-refractivity contribution in [2.75, 3.05) is 11.9 Å². The van der Waals surface area contributed by atoms with Crippen molar-refractivity contribution in [1.82, 2.24) is 20.2 Å². The first-order valence-corrected chi connectivity index (χ1v) is 10.5. The molecule has 0 saturated heterocycles. The summed E-state index contributed by atoms with van der Waals surface area (Å²) in [4.78, 5) is 8.35. The van der Waals surface area contributed by atoms with Gasteiger partial charge in [-0.25, -0.2) is 4.98 Å². The third-order valence-corrected chi connectivity index (χ3v) is 5.87. The Balaban J connectivity index is 1.61. The number of benzene rings is 2. The van der Waals surface area contributed by atoms with Gasteiger partial charge >= 0.3 is 0 Å². The molecule has 0 spiro atoms. The second-order valence-corrected chi connectivity index (χ2v) is 7.84. The van der Waals surface area contributed by atoms with Crippen LogP contribution in [0.1, 0.15) is 11.9 Å². The number of aromatic nitrogens is 4. The highest BCUT2D eigenvalue weighted by atomic mass is 32.2. The minimum atomic E-state index is 0.735. The molecule has 0 aliphatic rings. The van der Waals surface area contributed by atoms with Crippen molar-refractivity contribution >= 4 is 28.2 Å². The number of aromatic amines is 1. The summed E-state index contributed by atoms with van der Waals surface area (Å²) in [6.45, 7) is 2.90. The zero-order chi connectivity index (χ0) is 18.5. The van der Waals surface area contributed by atoms with Crippen LogP contribution in [0, 0.1) is 0 Å². The summed E-state index contributed by atoms with van der Waals surface area (Å²) in [5, 5.41) is 14.3. The standard InChI is InChI=1S/C20H19N5S2/c1-2-21-19-25-24-16(27-19)13-26-20-22-17(14-9-5-3-6-10-14)18(23-20)15-11-7-4-8-12-15/h3-12H,2,13H2,1H3,(H,21,25)(H,22,23). The smallest absolute Gasteiger partial charge is 0.205 e. The Bertz CT molecular complexity index is 939. The number of nitrogens with one attached hydrogen (secondary N) is 2. The van der Waals surface area contributed by atoms with E-state index in [2.05, 4.69) is 51.7 Å². The summed E-state index contributed by atoms with van der Waals surface area (Å²) in [5.41, 5.74) is 4.23. The predicted octanol–water partition coefficient (Wildman–Crippen LogP) is 5.32. The van der Waals surface area contributed by atoms with E-state index in [9.17, 15) is 0 Å². The van der Waals surface area contributed by atoms with E-state index in [1.165, 1.54) is 0 Å². The Labute approximate surface area is 166 Å². The molecule has 0 unspecified atom stereocenters. The van der Waals surface area contributed by atoms with Gasteiger partial charge in [0.25, 0.3) is 0 Å². The van der Waals surface area contributed by atoms with Gasteiger partial charge in [0.05, 0.1) is 17.1 Å². The van der Waals surface area contributed by atoms with E-state index in [-0.39, 0.29) is 0 Å².